The average Bonchev–Trinajstić information content (AvgIpc) is 3.00. The van der Waals surface area contributed by atoms with Crippen LogP contribution in [0.25, 0.3) is 0 Å². The molecule has 0 spiro atoms. The number of carboxylic acid groups (broad SMARTS) is 3. The van der Waals surface area contributed by atoms with Crippen LogP contribution in [0.15, 0.2) is 12.2 Å². The van der Waals surface area contributed by atoms with E-state index in [1.54, 1.807) is 0 Å². The molecule has 7 heteroatoms. The van der Waals surface area contributed by atoms with Gasteiger partial charge in [0.2, 0.25) is 0 Å². The first kappa shape index (κ1) is 43.1. The average molecular weight is 639 g/mol. The lowest BCUT2D eigenvalue weighted by atomic mass is 10.0. The van der Waals surface area contributed by atoms with Crippen molar-refractivity contribution in [1.29, 1.82) is 0 Å². The van der Waals surface area contributed by atoms with Crippen molar-refractivity contribution in [2.45, 2.75) is 187 Å². The molecule has 0 fully saturated rings. The fourth-order valence-corrected chi connectivity index (χ4v) is 6.42. The predicted octanol–water partition coefficient (Wildman–Crippen LogP) is 10.6. The first-order valence-corrected chi connectivity index (χ1v) is 19.0. The molecule has 0 bridgehead atoms. The van der Waals surface area contributed by atoms with Crippen LogP contribution in [0.5, 0.6) is 0 Å². The number of nitrogens with zero attached hydrogens (tertiary/aromatic N) is 1. The molecule has 0 aliphatic heterocycles. The minimum absolute atomic E-state index is 0.173. The number of allylic oxidation sites excluding steroid dienone is 2. The zero-order chi connectivity index (χ0) is 33.3. The van der Waals surface area contributed by atoms with E-state index in [-0.39, 0.29) is 19.3 Å². The number of hydrogen-bond acceptors (Lipinski definition) is 3. The number of aliphatic carboxylic acids is 3. The zero-order valence-electron chi connectivity index (χ0n) is 29.3. The van der Waals surface area contributed by atoms with Crippen molar-refractivity contribution in [3.8, 4) is 0 Å². The smallest absolute Gasteiger partial charge is 0.303 e. The summed E-state index contributed by atoms with van der Waals surface area (Å²) < 4.78 is 0.864. The van der Waals surface area contributed by atoms with Crippen LogP contribution in [0.1, 0.15) is 187 Å². The van der Waals surface area contributed by atoms with Gasteiger partial charge in [-0.05, 0) is 77.0 Å². The van der Waals surface area contributed by atoms with Gasteiger partial charge in [0.05, 0.1) is 26.2 Å². The van der Waals surface area contributed by atoms with Crippen LogP contribution in [0.3, 0.4) is 0 Å². The van der Waals surface area contributed by atoms with Crippen LogP contribution in [0.2, 0.25) is 0 Å². The lowest BCUT2D eigenvalue weighted by molar-refractivity contribution is -0.929. The Hall–Kier alpha value is -1.89. The van der Waals surface area contributed by atoms with E-state index in [9.17, 15) is 14.4 Å². The number of carboxylic acids is 3. The zero-order valence-corrected chi connectivity index (χ0v) is 29.3. The summed E-state index contributed by atoms with van der Waals surface area (Å²) in [7, 11) is 0. The number of unbranched alkanes of at least 4 members (excludes halogenated alkanes) is 20. The Morgan fingerprint density at radius 1 is 0.400 bits per heavy atom. The quantitative estimate of drug-likeness (QED) is 0.0358. The van der Waals surface area contributed by atoms with Crippen molar-refractivity contribution in [3.63, 3.8) is 0 Å². The summed E-state index contributed by atoms with van der Waals surface area (Å²) in [6, 6.07) is 0. The van der Waals surface area contributed by atoms with Gasteiger partial charge in [0.25, 0.3) is 0 Å². The standard InChI is InChI=1S/C38H71NO6/c1-2-3-4-5-6-7-8-9-10-11-12-13-14-15-16-17-18-19-20-21-25-32-39(33-26-22-29-36(40)41,34-27-23-30-37(42)43)35-28-24-31-38(44)45/h14-15H,2-13,16-35H2,1H3,(H2-,40,41,42,43,44,45)/p+1/b15-14+. The predicted molar refractivity (Wildman–Crippen MR) is 187 cm³/mol. The molecule has 0 atom stereocenters. The molecular weight excluding hydrogens is 566 g/mol. The van der Waals surface area contributed by atoms with Crippen molar-refractivity contribution >= 4 is 17.9 Å². The molecule has 0 saturated heterocycles. The number of quaternary nitrogens is 1. The maximum absolute atomic E-state index is 11.0. The van der Waals surface area contributed by atoms with E-state index < -0.39 is 17.9 Å². The Morgan fingerprint density at radius 2 is 0.667 bits per heavy atom. The molecule has 0 aromatic heterocycles. The second kappa shape index (κ2) is 32.1. The van der Waals surface area contributed by atoms with E-state index in [0.717, 1.165) is 56.3 Å². The summed E-state index contributed by atoms with van der Waals surface area (Å²) in [6.45, 7) is 5.95. The van der Waals surface area contributed by atoms with Crippen LogP contribution < -0.4 is 0 Å². The highest BCUT2D eigenvalue weighted by atomic mass is 16.4. The van der Waals surface area contributed by atoms with Gasteiger partial charge in [-0.3, -0.25) is 14.4 Å². The Balaban J connectivity index is 4.23. The first-order chi connectivity index (χ1) is 21.8. The summed E-state index contributed by atoms with van der Waals surface area (Å²) in [5, 5.41) is 27.2. The summed E-state index contributed by atoms with van der Waals surface area (Å²) >= 11 is 0. The molecule has 0 radical (unpaired) electrons. The molecule has 0 saturated carbocycles. The highest BCUT2D eigenvalue weighted by Gasteiger charge is 2.26. The molecule has 0 amide bonds. The molecule has 264 valence electrons. The second-order valence-corrected chi connectivity index (χ2v) is 13.5. The SMILES string of the molecule is CCCCCCCCCCCCC/C=C/CCCCCCCC[N+](CCCCC(=O)O)(CCCCC(=O)O)CCCCC(=O)O. The summed E-state index contributed by atoms with van der Waals surface area (Å²) in [4.78, 5) is 33.1. The van der Waals surface area contributed by atoms with E-state index in [2.05, 4.69) is 19.1 Å². The summed E-state index contributed by atoms with van der Waals surface area (Å²) in [5.74, 6) is -2.30. The molecule has 7 nitrogen and oxygen atoms in total. The highest BCUT2D eigenvalue weighted by Crippen LogP contribution is 2.20. The normalized spacial score (nSPS) is 11.8. The lowest BCUT2D eigenvalue weighted by Gasteiger charge is -2.39. The largest absolute Gasteiger partial charge is 0.481 e. The number of rotatable bonds is 36. The molecule has 0 aromatic rings. The van der Waals surface area contributed by atoms with Crippen LogP contribution in [0.4, 0.5) is 0 Å². The molecule has 0 unspecified atom stereocenters. The van der Waals surface area contributed by atoms with Gasteiger partial charge in [-0.1, -0.05) is 103 Å². The van der Waals surface area contributed by atoms with E-state index in [4.69, 9.17) is 15.3 Å². The maximum Gasteiger partial charge on any atom is 0.303 e. The second-order valence-electron chi connectivity index (χ2n) is 13.5. The third-order valence-corrected chi connectivity index (χ3v) is 9.21. The topological polar surface area (TPSA) is 112 Å². The Bertz CT molecular complexity index is 683. The van der Waals surface area contributed by atoms with Crippen molar-refractivity contribution in [1.82, 2.24) is 0 Å². The Morgan fingerprint density at radius 3 is 0.978 bits per heavy atom. The van der Waals surface area contributed by atoms with Crippen LogP contribution in [-0.4, -0.2) is 63.9 Å². The van der Waals surface area contributed by atoms with Gasteiger partial charge in [0, 0.05) is 19.3 Å². The summed E-state index contributed by atoms with van der Waals surface area (Å²) in [6.07, 6.45) is 34.7. The molecule has 3 N–H and O–H groups in total. The van der Waals surface area contributed by atoms with E-state index in [1.165, 1.54) is 116 Å². The Kier molecular flexibility index (Phi) is 30.7. The molecule has 45 heavy (non-hydrogen) atoms. The third-order valence-electron chi connectivity index (χ3n) is 9.21. The van der Waals surface area contributed by atoms with Crippen molar-refractivity contribution < 1.29 is 34.2 Å². The van der Waals surface area contributed by atoms with Crippen LogP contribution in [0, 0.1) is 0 Å². The van der Waals surface area contributed by atoms with Crippen molar-refractivity contribution in [2.24, 2.45) is 0 Å². The lowest BCUT2D eigenvalue weighted by Crippen LogP contribution is -2.51. The minimum atomic E-state index is -0.768. The minimum Gasteiger partial charge on any atom is -0.481 e. The van der Waals surface area contributed by atoms with Gasteiger partial charge in [0.1, 0.15) is 0 Å². The highest BCUT2D eigenvalue weighted by molar-refractivity contribution is 5.67. The number of carbonyl (C=O) groups is 3. The van der Waals surface area contributed by atoms with E-state index in [1.807, 2.05) is 0 Å². The molecule has 0 aliphatic carbocycles. The molecule has 0 aromatic carbocycles. The van der Waals surface area contributed by atoms with Gasteiger partial charge >= 0.3 is 17.9 Å². The first-order valence-electron chi connectivity index (χ1n) is 19.0. The van der Waals surface area contributed by atoms with E-state index in [0.29, 0.717) is 19.3 Å². The molecule has 0 rings (SSSR count). The van der Waals surface area contributed by atoms with Crippen molar-refractivity contribution in [2.75, 3.05) is 26.2 Å². The van der Waals surface area contributed by atoms with Crippen LogP contribution in [-0.2, 0) is 14.4 Å². The molecular formula is C38H72NO6+. The maximum atomic E-state index is 11.0. The van der Waals surface area contributed by atoms with Gasteiger partial charge < -0.3 is 19.8 Å². The third kappa shape index (κ3) is 31.9. The number of hydrogen-bond donors (Lipinski definition) is 3. The fourth-order valence-electron chi connectivity index (χ4n) is 6.42. The van der Waals surface area contributed by atoms with Gasteiger partial charge in [-0.25, -0.2) is 0 Å². The van der Waals surface area contributed by atoms with Gasteiger partial charge in [-0.2, -0.15) is 0 Å². The van der Waals surface area contributed by atoms with Gasteiger partial charge in [-0.15, -0.1) is 0 Å². The fraction of sp³-hybridized carbons (Fsp3) is 0.868. The summed E-state index contributed by atoms with van der Waals surface area (Å²) in [5.41, 5.74) is 0. The molecule has 0 aliphatic rings. The van der Waals surface area contributed by atoms with E-state index >= 15 is 0 Å². The Labute approximate surface area is 276 Å². The van der Waals surface area contributed by atoms with Crippen LogP contribution >= 0.6 is 0 Å². The molecule has 0 heterocycles. The monoisotopic (exact) mass is 639 g/mol. The van der Waals surface area contributed by atoms with Crippen molar-refractivity contribution in [3.05, 3.63) is 12.2 Å². The van der Waals surface area contributed by atoms with Gasteiger partial charge in [0.15, 0.2) is 0 Å².